The molecule has 1 unspecified atom stereocenters. The Labute approximate surface area is 136 Å². The van der Waals surface area contributed by atoms with Gasteiger partial charge in [0.2, 0.25) is 5.91 Å². The lowest BCUT2D eigenvalue weighted by atomic mass is 10.0. The highest BCUT2D eigenvalue weighted by Gasteiger charge is 2.26. The molecule has 0 aromatic carbocycles. The SMILES string of the molecule is CC(O)(CNC(=O)Cc1csc(-c2ccoc2)n1)c1ccco1. The van der Waals surface area contributed by atoms with Gasteiger partial charge in [-0.05, 0) is 25.1 Å². The molecule has 0 aliphatic rings. The van der Waals surface area contributed by atoms with Gasteiger partial charge in [-0.3, -0.25) is 4.79 Å². The van der Waals surface area contributed by atoms with Gasteiger partial charge in [0, 0.05) is 10.9 Å². The Morgan fingerprint density at radius 3 is 3.00 bits per heavy atom. The topological polar surface area (TPSA) is 88.5 Å². The van der Waals surface area contributed by atoms with Gasteiger partial charge in [-0.15, -0.1) is 11.3 Å². The van der Waals surface area contributed by atoms with Gasteiger partial charge in [-0.2, -0.15) is 0 Å². The van der Waals surface area contributed by atoms with Gasteiger partial charge in [0.15, 0.2) is 0 Å². The third-order valence-electron chi connectivity index (χ3n) is 3.34. The molecule has 2 N–H and O–H groups in total. The van der Waals surface area contributed by atoms with Gasteiger partial charge < -0.3 is 19.3 Å². The summed E-state index contributed by atoms with van der Waals surface area (Å²) in [5, 5.41) is 15.6. The van der Waals surface area contributed by atoms with Crippen LogP contribution in [0.5, 0.6) is 0 Å². The molecule has 3 heterocycles. The lowest BCUT2D eigenvalue weighted by Gasteiger charge is -2.20. The Bertz CT molecular complexity index is 760. The van der Waals surface area contributed by atoms with Crippen molar-refractivity contribution in [2.45, 2.75) is 18.9 Å². The Kier molecular flexibility index (Phi) is 4.31. The largest absolute Gasteiger partial charge is 0.472 e. The number of hydrogen-bond acceptors (Lipinski definition) is 6. The molecule has 23 heavy (non-hydrogen) atoms. The summed E-state index contributed by atoms with van der Waals surface area (Å²) in [6.45, 7) is 1.66. The van der Waals surface area contributed by atoms with Crippen molar-refractivity contribution in [3.63, 3.8) is 0 Å². The third kappa shape index (κ3) is 3.69. The average molecular weight is 332 g/mol. The normalized spacial score (nSPS) is 13.7. The number of thiazole rings is 1. The second kappa shape index (κ2) is 6.39. The summed E-state index contributed by atoms with van der Waals surface area (Å²) in [6.07, 6.45) is 4.84. The molecular formula is C16H16N2O4S. The number of nitrogens with one attached hydrogen (secondary N) is 1. The van der Waals surface area contributed by atoms with Crippen molar-refractivity contribution in [1.82, 2.24) is 10.3 Å². The number of rotatable bonds is 6. The minimum atomic E-state index is -1.25. The molecule has 0 saturated carbocycles. The number of aliphatic hydroxyl groups is 1. The van der Waals surface area contributed by atoms with E-state index in [-0.39, 0.29) is 18.9 Å². The molecule has 0 spiro atoms. The highest BCUT2D eigenvalue weighted by atomic mass is 32.1. The van der Waals surface area contributed by atoms with Crippen LogP contribution in [0.15, 0.2) is 51.2 Å². The van der Waals surface area contributed by atoms with E-state index in [1.54, 1.807) is 31.6 Å². The van der Waals surface area contributed by atoms with E-state index < -0.39 is 5.60 Å². The highest BCUT2D eigenvalue weighted by molar-refractivity contribution is 7.13. The first-order chi connectivity index (χ1) is 11.0. The molecule has 3 aromatic rings. The average Bonchev–Trinajstić information content (AvgIpc) is 3.25. The monoisotopic (exact) mass is 332 g/mol. The summed E-state index contributed by atoms with van der Waals surface area (Å²) >= 11 is 1.46. The predicted octanol–water partition coefficient (Wildman–Crippen LogP) is 2.56. The Morgan fingerprint density at radius 2 is 2.30 bits per heavy atom. The number of nitrogens with zero attached hydrogens (tertiary/aromatic N) is 1. The van der Waals surface area contributed by atoms with E-state index in [4.69, 9.17) is 8.83 Å². The summed E-state index contributed by atoms with van der Waals surface area (Å²) < 4.78 is 10.2. The van der Waals surface area contributed by atoms with Crippen molar-refractivity contribution in [3.8, 4) is 10.6 Å². The maximum absolute atomic E-state index is 12.0. The first-order valence-corrected chi connectivity index (χ1v) is 7.92. The van der Waals surface area contributed by atoms with Crippen LogP contribution in [0.3, 0.4) is 0 Å². The van der Waals surface area contributed by atoms with E-state index in [2.05, 4.69) is 10.3 Å². The highest BCUT2D eigenvalue weighted by Crippen LogP contribution is 2.24. The van der Waals surface area contributed by atoms with Gasteiger partial charge in [0.25, 0.3) is 0 Å². The summed E-state index contributed by atoms with van der Waals surface area (Å²) in [5.74, 6) is 0.203. The molecule has 3 rings (SSSR count). The van der Waals surface area contributed by atoms with E-state index in [1.165, 1.54) is 17.6 Å². The number of hydrogen-bond donors (Lipinski definition) is 2. The minimum Gasteiger partial charge on any atom is -0.472 e. The van der Waals surface area contributed by atoms with Crippen molar-refractivity contribution in [1.29, 1.82) is 0 Å². The maximum atomic E-state index is 12.0. The maximum Gasteiger partial charge on any atom is 0.226 e. The van der Waals surface area contributed by atoms with Gasteiger partial charge in [0.05, 0.1) is 31.2 Å². The van der Waals surface area contributed by atoms with Crippen LogP contribution in [0.4, 0.5) is 0 Å². The van der Waals surface area contributed by atoms with Crippen molar-refractivity contribution < 1.29 is 18.7 Å². The molecular weight excluding hydrogens is 316 g/mol. The summed E-state index contributed by atoms with van der Waals surface area (Å²) in [5.41, 5.74) is 0.326. The third-order valence-corrected chi connectivity index (χ3v) is 4.28. The molecule has 6 nitrogen and oxygen atoms in total. The smallest absolute Gasteiger partial charge is 0.226 e. The van der Waals surface area contributed by atoms with Crippen LogP contribution in [-0.4, -0.2) is 22.5 Å². The molecule has 7 heteroatoms. The van der Waals surface area contributed by atoms with Crippen LogP contribution >= 0.6 is 11.3 Å². The van der Waals surface area contributed by atoms with Crippen molar-refractivity contribution in [2.24, 2.45) is 0 Å². The molecule has 120 valence electrons. The van der Waals surface area contributed by atoms with E-state index in [1.807, 2.05) is 11.4 Å². The Balaban J connectivity index is 1.56. The zero-order valence-corrected chi connectivity index (χ0v) is 13.3. The molecule has 0 radical (unpaired) electrons. The zero-order valence-electron chi connectivity index (χ0n) is 12.5. The fourth-order valence-corrected chi connectivity index (χ4v) is 2.88. The molecule has 0 saturated heterocycles. The lowest BCUT2D eigenvalue weighted by molar-refractivity contribution is -0.121. The first kappa shape index (κ1) is 15.5. The molecule has 0 aliphatic heterocycles. The van der Waals surface area contributed by atoms with Crippen molar-refractivity contribution >= 4 is 17.2 Å². The zero-order chi connectivity index (χ0) is 16.3. The van der Waals surface area contributed by atoms with Crippen LogP contribution < -0.4 is 5.32 Å². The van der Waals surface area contributed by atoms with Gasteiger partial charge in [-0.1, -0.05) is 0 Å². The van der Waals surface area contributed by atoms with E-state index in [0.29, 0.717) is 11.5 Å². The molecule has 0 fully saturated rings. The van der Waals surface area contributed by atoms with Crippen molar-refractivity contribution in [3.05, 3.63) is 53.8 Å². The molecule has 1 amide bonds. The minimum absolute atomic E-state index is 0.0675. The number of furan rings is 2. The summed E-state index contributed by atoms with van der Waals surface area (Å²) in [7, 11) is 0. The second-order valence-electron chi connectivity index (χ2n) is 5.36. The van der Waals surface area contributed by atoms with Crippen molar-refractivity contribution in [2.75, 3.05) is 6.54 Å². The Morgan fingerprint density at radius 1 is 1.43 bits per heavy atom. The van der Waals surface area contributed by atoms with Crippen LogP contribution in [0.25, 0.3) is 10.6 Å². The van der Waals surface area contributed by atoms with Gasteiger partial charge in [0.1, 0.15) is 22.6 Å². The van der Waals surface area contributed by atoms with Crippen LogP contribution in [0.2, 0.25) is 0 Å². The van der Waals surface area contributed by atoms with E-state index in [0.717, 1.165) is 10.6 Å². The Hall–Kier alpha value is -2.38. The molecule has 1 atom stereocenters. The van der Waals surface area contributed by atoms with E-state index >= 15 is 0 Å². The number of carbonyl (C=O) groups excluding carboxylic acids is 1. The van der Waals surface area contributed by atoms with Gasteiger partial charge >= 0.3 is 0 Å². The fourth-order valence-electron chi connectivity index (χ4n) is 2.08. The second-order valence-corrected chi connectivity index (χ2v) is 6.22. The molecule has 3 aromatic heterocycles. The van der Waals surface area contributed by atoms with Crippen LogP contribution in [0, 0.1) is 0 Å². The summed E-state index contributed by atoms with van der Waals surface area (Å²) in [6, 6.07) is 5.19. The number of amides is 1. The fraction of sp³-hybridized carbons (Fsp3) is 0.250. The van der Waals surface area contributed by atoms with Gasteiger partial charge in [-0.25, -0.2) is 4.98 Å². The van der Waals surface area contributed by atoms with E-state index in [9.17, 15) is 9.90 Å². The summed E-state index contributed by atoms with van der Waals surface area (Å²) in [4.78, 5) is 16.4. The lowest BCUT2D eigenvalue weighted by Crippen LogP contribution is -2.39. The van der Waals surface area contributed by atoms with Crippen LogP contribution in [-0.2, 0) is 16.8 Å². The molecule has 0 bridgehead atoms. The first-order valence-electron chi connectivity index (χ1n) is 7.04. The van der Waals surface area contributed by atoms with Crippen LogP contribution in [0.1, 0.15) is 18.4 Å². The quantitative estimate of drug-likeness (QED) is 0.724. The number of carbonyl (C=O) groups is 1. The number of aromatic nitrogens is 1. The molecule has 0 aliphatic carbocycles. The predicted molar refractivity (Wildman–Crippen MR) is 84.8 cm³/mol. The standard InChI is InChI=1S/C16H16N2O4S/c1-16(20,13-3-2-5-22-13)10-17-14(19)7-12-9-23-15(18-12)11-4-6-21-8-11/h2-6,8-9,20H,7,10H2,1H3,(H,17,19).